The minimum Gasteiger partial charge on any atom is -0.355 e. The topological polar surface area (TPSA) is 83.1 Å². The number of carbonyl (C=O) groups excluding carboxylic acids is 2. The van der Waals surface area contributed by atoms with Crippen molar-refractivity contribution in [2.45, 2.75) is 32.6 Å². The molecule has 1 aliphatic carbocycles. The Morgan fingerprint density at radius 2 is 1.65 bits per heavy atom. The number of anilines is 4. The first-order valence-electron chi connectivity index (χ1n) is 10.5. The molecule has 1 fully saturated rings. The largest absolute Gasteiger partial charge is 0.355 e. The first kappa shape index (κ1) is 20.6. The van der Waals surface area contributed by atoms with Gasteiger partial charge in [0, 0.05) is 40.8 Å². The zero-order valence-corrected chi connectivity index (χ0v) is 17.7. The fraction of sp³-hybridized carbons (Fsp3) is 0.240. The molecule has 0 atom stereocenters. The Bertz CT molecular complexity index is 1110. The van der Waals surface area contributed by atoms with Crippen LogP contribution in [0.4, 0.5) is 22.9 Å². The van der Waals surface area contributed by atoms with E-state index in [1.165, 1.54) is 18.4 Å². The van der Waals surface area contributed by atoms with E-state index in [4.69, 9.17) is 0 Å². The van der Waals surface area contributed by atoms with Crippen LogP contribution in [0.5, 0.6) is 0 Å². The fourth-order valence-electron chi connectivity index (χ4n) is 3.24. The maximum atomic E-state index is 12.7. The van der Waals surface area contributed by atoms with E-state index in [0.717, 1.165) is 11.4 Å². The lowest BCUT2D eigenvalue weighted by Gasteiger charge is -2.12. The van der Waals surface area contributed by atoms with Crippen LogP contribution in [0.1, 0.15) is 48.5 Å². The highest BCUT2D eigenvalue weighted by Crippen LogP contribution is 2.40. The number of benzene rings is 2. The Hall–Kier alpha value is -3.67. The molecule has 31 heavy (non-hydrogen) atoms. The van der Waals surface area contributed by atoms with E-state index in [1.807, 2.05) is 62.4 Å². The zero-order valence-electron chi connectivity index (χ0n) is 17.7. The number of hydrogen-bond donors (Lipinski definition) is 3. The second kappa shape index (κ2) is 9.00. The van der Waals surface area contributed by atoms with E-state index in [2.05, 4.69) is 27.0 Å². The summed E-state index contributed by atoms with van der Waals surface area (Å²) in [6, 6.07) is 19.0. The Labute approximate surface area is 182 Å². The number of amides is 2. The van der Waals surface area contributed by atoms with E-state index >= 15 is 0 Å². The van der Waals surface area contributed by atoms with Crippen molar-refractivity contribution in [1.29, 1.82) is 0 Å². The summed E-state index contributed by atoms with van der Waals surface area (Å²) in [5.74, 6) is 0.769. The molecule has 3 aromatic rings. The first-order chi connectivity index (χ1) is 15.0. The molecule has 0 aliphatic heterocycles. The molecule has 6 heteroatoms. The van der Waals surface area contributed by atoms with Crippen molar-refractivity contribution in [1.82, 2.24) is 4.98 Å². The van der Waals surface area contributed by atoms with Crippen molar-refractivity contribution in [3.05, 3.63) is 78.0 Å². The molecule has 0 radical (unpaired) electrons. The molecule has 0 spiro atoms. The number of carbonyl (C=O) groups is 2. The number of pyridine rings is 1. The average molecular weight is 415 g/mol. The van der Waals surface area contributed by atoms with Gasteiger partial charge in [0.15, 0.2) is 0 Å². The van der Waals surface area contributed by atoms with Crippen molar-refractivity contribution < 1.29 is 9.59 Å². The highest BCUT2D eigenvalue weighted by atomic mass is 16.2. The molecule has 6 nitrogen and oxygen atoms in total. The van der Waals surface area contributed by atoms with Gasteiger partial charge in [-0.2, -0.15) is 0 Å². The van der Waals surface area contributed by atoms with Gasteiger partial charge in [0.2, 0.25) is 5.91 Å². The Morgan fingerprint density at radius 1 is 0.903 bits per heavy atom. The summed E-state index contributed by atoms with van der Waals surface area (Å²) in [5.41, 5.74) is 4.21. The predicted octanol–water partition coefficient (Wildman–Crippen LogP) is 5.55. The minimum atomic E-state index is -0.123. The molecular formula is C25H26N4O2. The number of hydrogen-bond acceptors (Lipinski definition) is 4. The third kappa shape index (κ3) is 5.48. The second-order valence-corrected chi connectivity index (χ2v) is 8.13. The summed E-state index contributed by atoms with van der Waals surface area (Å²) in [4.78, 5) is 28.8. The quantitative estimate of drug-likeness (QED) is 0.473. The molecule has 2 amide bonds. The van der Waals surface area contributed by atoms with Gasteiger partial charge >= 0.3 is 0 Å². The first-order valence-corrected chi connectivity index (χ1v) is 10.5. The standard InChI is InChI=1S/C25H26N4O2/c1-16(2)24(30)29-23-15-22(11-12-26-23)27-20-7-4-8-21(14-20)28-25(31)19-6-3-5-18(13-19)17-9-10-17/h3-8,11-17H,9-10H2,1-2H3,(H,28,31)(H2,26,27,29,30). The predicted molar refractivity (Wildman–Crippen MR) is 124 cm³/mol. The maximum absolute atomic E-state index is 12.7. The van der Waals surface area contributed by atoms with E-state index < -0.39 is 0 Å². The lowest BCUT2D eigenvalue weighted by Crippen LogP contribution is -2.18. The molecule has 0 unspecified atom stereocenters. The Morgan fingerprint density at radius 3 is 2.42 bits per heavy atom. The van der Waals surface area contributed by atoms with E-state index in [1.54, 1.807) is 12.3 Å². The normalized spacial score (nSPS) is 13.0. The lowest BCUT2D eigenvalue weighted by atomic mass is 10.1. The van der Waals surface area contributed by atoms with Crippen molar-refractivity contribution in [3.8, 4) is 0 Å². The molecule has 0 saturated heterocycles. The van der Waals surface area contributed by atoms with Crippen LogP contribution < -0.4 is 16.0 Å². The highest BCUT2D eigenvalue weighted by molar-refractivity contribution is 6.04. The number of nitrogens with one attached hydrogen (secondary N) is 3. The molecule has 1 aromatic heterocycles. The molecule has 2 aromatic carbocycles. The number of rotatable bonds is 7. The third-order valence-corrected chi connectivity index (χ3v) is 5.14. The lowest BCUT2D eigenvalue weighted by molar-refractivity contribution is -0.118. The summed E-state index contributed by atoms with van der Waals surface area (Å²) in [5, 5.41) is 9.06. The van der Waals surface area contributed by atoms with Gasteiger partial charge in [-0.05, 0) is 60.7 Å². The van der Waals surface area contributed by atoms with Crippen LogP contribution >= 0.6 is 0 Å². The molecule has 0 bridgehead atoms. The van der Waals surface area contributed by atoms with Gasteiger partial charge in [0.25, 0.3) is 5.91 Å². The molecule has 3 N–H and O–H groups in total. The molecule has 158 valence electrons. The average Bonchev–Trinajstić information content (AvgIpc) is 3.60. The summed E-state index contributed by atoms with van der Waals surface area (Å²) >= 11 is 0. The fourth-order valence-corrected chi connectivity index (χ4v) is 3.24. The highest BCUT2D eigenvalue weighted by Gasteiger charge is 2.24. The van der Waals surface area contributed by atoms with Crippen molar-refractivity contribution in [2.24, 2.45) is 5.92 Å². The van der Waals surface area contributed by atoms with Crippen LogP contribution in [-0.2, 0) is 4.79 Å². The molecule has 1 heterocycles. The van der Waals surface area contributed by atoms with E-state index in [9.17, 15) is 9.59 Å². The summed E-state index contributed by atoms with van der Waals surface area (Å²) in [7, 11) is 0. The molecule has 1 saturated carbocycles. The van der Waals surface area contributed by atoms with Crippen LogP contribution in [-0.4, -0.2) is 16.8 Å². The number of aromatic nitrogens is 1. The van der Waals surface area contributed by atoms with Crippen LogP contribution in [0.2, 0.25) is 0 Å². The van der Waals surface area contributed by atoms with Crippen LogP contribution in [0.25, 0.3) is 0 Å². The second-order valence-electron chi connectivity index (χ2n) is 8.13. The van der Waals surface area contributed by atoms with Crippen LogP contribution in [0.3, 0.4) is 0 Å². The summed E-state index contributed by atoms with van der Waals surface area (Å²) < 4.78 is 0. The number of nitrogens with zero attached hydrogens (tertiary/aromatic N) is 1. The molecule has 4 rings (SSSR count). The molecule has 1 aliphatic rings. The third-order valence-electron chi connectivity index (χ3n) is 5.14. The Balaban J connectivity index is 1.43. The monoisotopic (exact) mass is 414 g/mol. The maximum Gasteiger partial charge on any atom is 0.255 e. The Kier molecular flexibility index (Phi) is 5.98. The van der Waals surface area contributed by atoms with Gasteiger partial charge in [0.05, 0.1) is 0 Å². The summed E-state index contributed by atoms with van der Waals surface area (Å²) in [6.45, 7) is 3.67. The van der Waals surface area contributed by atoms with Crippen molar-refractivity contribution >= 4 is 34.7 Å². The minimum absolute atomic E-state index is 0.0832. The van der Waals surface area contributed by atoms with E-state index in [-0.39, 0.29) is 17.7 Å². The van der Waals surface area contributed by atoms with Gasteiger partial charge in [-0.15, -0.1) is 0 Å². The smallest absolute Gasteiger partial charge is 0.255 e. The zero-order chi connectivity index (χ0) is 21.8. The van der Waals surface area contributed by atoms with E-state index in [0.29, 0.717) is 23.0 Å². The molecular weight excluding hydrogens is 388 g/mol. The van der Waals surface area contributed by atoms with Crippen LogP contribution in [0, 0.1) is 5.92 Å². The van der Waals surface area contributed by atoms with Gasteiger partial charge < -0.3 is 16.0 Å². The SMILES string of the molecule is CC(C)C(=O)Nc1cc(Nc2cccc(NC(=O)c3cccc(C4CC4)c3)c2)ccn1. The van der Waals surface area contributed by atoms with Gasteiger partial charge in [-0.25, -0.2) is 4.98 Å². The van der Waals surface area contributed by atoms with Crippen molar-refractivity contribution in [2.75, 3.05) is 16.0 Å². The van der Waals surface area contributed by atoms with Gasteiger partial charge in [-0.1, -0.05) is 32.0 Å². The van der Waals surface area contributed by atoms with Gasteiger partial charge in [0.1, 0.15) is 5.82 Å². The summed E-state index contributed by atoms with van der Waals surface area (Å²) in [6.07, 6.45) is 4.05. The van der Waals surface area contributed by atoms with Crippen molar-refractivity contribution in [3.63, 3.8) is 0 Å². The van der Waals surface area contributed by atoms with Gasteiger partial charge in [-0.3, -0.25) is 9.59 Å². The van der Waals surface area contributed by atoms with Crippen LogP contribution in [0.15, 0.2) is 66.9 Å².